The van der Waals surface area contributed by atoms with Crippen LogP contribution in [0.5, 0.6) is 0 Å². The van der Waals surface area contributed by atoms with Crippen molar-refractivity contribution in [3.05, 3.63) is 0 Å². The molecule has 0 amide bonds. The lowest BCUT2D eigenvalue weighted by Crippen LogP contribution is -2.56. The van der Waals surface area contributed by atoms with Crippen molar-refractivity contribution in [1.29, 1.82) is 0 Å². The van der Waals surface area contributed by atoms with Gasteiger partial charge in [0.05, 0.1) is 6.61 Å². The lowest BCUT2D eigenvalue weighted by Gasteiger charge is -2.37. The third kappa shape index (κ3) is 6.23. The summed E-state index contributed by atoms with van der Waals surface area (Å²) >= 11 is 0. The molecule has 2 atom stereocenters. The van der Waals surface area contributed by atoms with E-state index in [9.17, 15) is 4.79 Å². The monoisotopic (exact) mass is 286 g/mol. The van der Waals surface area contributed by atoms with Gasteiger partial charge in [-0.1, -0.05) is 13.8 Å². The van der Waals surface area contributed by atoms with E-state index >= 15 is 0 Å². The van der Waals surface area contributed by atoms with E-state index in [0.717, 1.165) is 25.9 Å². The van der Waals surface area contributed by atoms with Crippen molar-refractivity contribution in [3.63, 3.8) is 0 Å². The topological polar surface area (TPSA) is 41.6 Å². The second kappa shape index (κ2) is 9.35. The minimum absolute atomic E-state index is 0.145. The summed E-state index contributed by atoms with van der Waals surface area (Å²) < 4.78 is 5.26. The third-order valence-electron chi connectivity index (χ3n) is 3.58. The van der Waals surface area contributed by atoms with E-state index in [1.807, 2.05) is 13.8 Å². The first-order valence-corrected chi connectivity index (χ1v) is 7.99. The van der Waals surface area contributed by atoms with Crippen LogP contribution in [0.2, 0.25) is 0 Å². The first kappa shape index (κ1) is 19.4. The van der Waals surface area contributed by atoms with Crippen molar-refractivity contribution >= 4 is 5.97 Å². The molecule has 0 aliphatic rings. The molecule has 0 radical (unpaired) electrons. The maximum Gasteiger partial charge on any atom is 0.326 e. The molecule has 0 heterocycles. The average molecular weight is 286 g/mol. The maximum absolute atomic E-state index is 12.3. The van der Waals surface area contributed by atoms with Crippen LogP contribution >= 0.6 is 0 Å². The van der Waals surface area contributed by atoms with E-state index in [4.69, 9.17) is 4.74 Å². The summed E-state index contributed by atoms with van der Waals surface area (Å²) in [5, 5.41) is 3.39. The molecule has 0 aromatic rings. The van der Waals surface area contributed by atoms with Crippen molar-refractivity contribution in [2.45, 2.75) is 78.9 Å². The van der Waals surface area contributed by atoms with Crippen LogP contribution in [0.25, 0.3) is 0 Å². The highest BCUT2D eigenvalue weighted by Gasteiger charge is 2.37. The predicted octanol–water partition coefficient (Wildman–Crippen LogP) is 2.82. The molecule has 4 heteroatoms. The van der Waals surface area contributed by atoms with Crippen LogP contribution < -0.4 is 5.32 Å². The Morgan fingerprint density at radius 2 is 1.85 bits per heavy atom. The summed E-state index contributed by atoms with van der Waals surface area (Å²) in [4.78, 5) is 14.7. The molecule has 0 spiro atoms. The lowest BCUT2D eigenvalue weighted by molar-refractivity contribution is -0.151. The molecule has 0 bridgehead atoms. The number of nitrogens with one attached hydrogen (secondary N) is 1. The van der Waals surface area contributed by atoms with Crippen LogP contribution in [0, 0.1) is 0 Å². The number of nitrogens with zero attached hydrogens (tertiary/aromatic N) is 1. The third-order valence-corrected chi connectivity index (χ3v) is 3.58. The van der Waals surface area contributed by atoms with Gasteiger partial charge < -0.3 is 9.64 Å². The Balaban J connectivity index is 4.91. The zero-order chi connectivity index (χ0) is 15.8. The zero-order valence-electron chi connectivity index (χ0n) is 14.5. The number of rotatable bonds is 10. The predicted molar refractivity (Wildman–Crippen MR) is 84.9 cm³/mol. The first-order chi connectivity index (χ1) is 9.30. The zero-order valence-corrected chi connectivity index (χ0v) is 14.5. The summed E-state index contributed by atoms with van der Waals surface area (Å²) in [6, 6.07) is 0.596. The maximum atomic E-state index is 12.3. The Morgan fingerprint density at radius 3 is 2.25 bits per heavy atom. The van der Waals surface area contributed by atoms with E-state index in [1.54, 1.807) is 0 Å². The molecule has 0 aromatic carbocycles. The van der Waals surface area contributed by atoms with Gasteiger partial charge in [-0.25, -0.2) is 0 Å². The van der Waals surface area contributed by atoms with Gasteiger partial charge in [0.1, 0.15) is 5.54 Å². The normalized spacial score (nSPS) is 16.2. The molecule has 0 aliphatic heterocycles. The number of carbonyl (C=O) groups is 1. The Morgan fingerprint density at radius 1 is 1.25 bits per heavy atom. The van der Waals surface area contributed by atoms with Gasteiger partial charge in [0.15, 0.2) is 0 Å². The van der Waals surface area contributed by atoms with Crippen molar-refractivity contribution in [3.8, 4) is 0 Å². The van der Waals surface area contributed by atoms with Crippen LogP contribution in [-0.4, -0.2) is 48.2 Å². The van der Waals surface area contributed by atoms with Gasteiger partial charge >= 0.3 is 5.97 Å². The molecule has 0 aliphatic carbocycles. The number of esters is 1. The lowest BCUT2D eigenvalue weighted by atomic mass is 9.91. The summed E-state index contributed by atoms with van der Waals surface area (Å²) in [5.41, 5.74) is -0.620. The molecule has 0 saturated heterocycles. The molecule has 0 saturated carbocycles. The van der Waals surface area contributed by atoms with E-state index in [1.165, 1.54) is 0 Å². The molecule has 0 rings (SSSR count). The summed E-state index contributed by atoms with van der Waals surface area (Å²) in [5.74, 6) is -0.145. The van der Waals surface area contributed by atoms with Gasteiger partial charge in [-0.3, -0.25) is 10.1 Å². The van der Waals surface area contributed by atoms with Gasteiger partial charge in [0.2, 0.25) is 0 Å². The molecule has 1 N–H and O–H groups in total. The fourth-order valence-corrected chi connectivity index (χ4v) is 2.83. The smallest absolute Gasteiger partial charge is 0.326 e. The largest absolute Gasteiger partial charge is 0.465 e. The molecular weight excluding hydrogens is 252 g/mol. The minimum Gasteiger partial charge on any atom is -0.465 e. The Hall–Kier alpha value is -0.610. The number of hydrogen-bond acceptors (Lipinski definition) is 4. The molecule has 20 heavy (non-hydrogen) atoms. The fourth-order valence-electron chi connectivity index (χ4n) is 2.83. The van der Waals surface area contributed by atoms with Crippen LogP contribution in [0.3, 0.4) is 0 Å². The SMILES string of the molecule is CCCN(CC)C(C)CC(C)(NC(C)C)C(=O)OCC. The average Bonchev–Trinajstić information content (AvgIpc) is 2.34. The Kier molecular flexibility index (Phi) is 9.06. The highest BCUT2D eigenvalue weighted by atomic mass is 16.5. The van der Waals surface area contributed by atoms with Crippen molar-refractivity contribution in [2.24, 2.45) is 0 Å². The van der Waals surface area contributed by atoms with E-state index in [2.05, 4.69) is 44.8 Å². The second-order valence-electron chi connectivity index (χ2n) is 6.03. The summed E-state index contributed by atoms with van der Waals surface area (Å²) in [6.07, 6.45) is 1.89. The number of hydrogen-bond donors (Lipinski definition) is 1. The minimum atomic E-state index is -0.620. The van der Waals surface area contributed by atoms with Crippen LogP contribution in [0.4, 0.5) is 0 Å². The van der Waals surface area contributed by atoms with Crippen molar-refractivity contribution < 1.29 is 9.53 Å². The number of ether oxygens (including phenoxy) is 1. The molecule has 2 unspecified atom stereocenters. The molecule has 120 valence electrons. The van der Waals surface area contributed by atoms with Crippen molar-refractivity contribution in [2.75, 3.05) is 19.7 Å². The van der Waals surface area contributed by atoms with Crippen molar-refractivity contribution in [1.82, 2.24) is 10.2 Å². The van der Waals surface area contributed by atoms with Crippen LogP contribution in [-0.2, 0) is 9.53 Å². The van der Waals surface area contributed by atoms with Crippen LogP contribution in [0.15, 0.2) is 0 Å². The quantitative estimate of drug-likeness (QED) is 0.627. The first-order valence-electron chi connectivity index (χ1n) is 7.99. The number of carbonyl (C=O) groups excluding carboxylic acids is 1. The highest BCUT2D eigenvalue weighted by Crippen LogP contribution is 2.19. The van der Waals surface area contributed by atoms with Gasteiger partial charge in [-0.05, 0) is 60.5 Å². The molecule has 0 aromatic heterocycles. The summed E-state index contributed by atoms with van der Waals surface area (Å²) in [7, 11) is 0. The van der Waals surface area contributed by atoms with E-state index in [0.29, 0.717) is 12.6 Å². The van der Waals surface area contributed by atoms with Gasteiger partial charge in [-0.2, -0.15) is 0 Å². The van der Waals surface area contributed by atoms with E-state index in [-0.39, 0.29) is 12.0 Å². The standard InChI is InChI=1S/C16H34N2O2/c1-8-11-18(9-2)14(6)12-16(7,17-13(4)5)15(19)20-10-3/h13-14,17H,8-12H2,1-7H3. The van der Waals surface area contributed by atoms with E-state index < -0.39 is 5.54 Å². The van der Waals surface area contributed by atoms with Crippen LogP contribution in [0.1, 0.15) is 61.3 Å². The molecule has 0 fully saturated rings. The van der Waals surface area contributed by atoms with Gasteiger partial charge in [-0.15, -0.1) is 0 Å². The highest BCUT2D eigenvalue weighted by molar-refractivity contribution is 5.80. The second-order valence-corrected chi connectivity index (χ2v) is 6.03. The molecular formula is C16H34N2O2. The Bertz CT molecular complexity index is 282. The summed E-state index contributed by atoms with van der Waals surface area (Å²) in [6.45, 7) is 17.0. The Labute approximate surface area is 125 Å². The molecule has 4 nitrogen and oxygen atoms in total. The fraction of sp³-hybridized carbons (Fsp3) is 0.938. The van der Waals surface area contributed by atoms with Gasteiger partial charge in [0.25, 0.3) is 0 Å². The van der Waals surface area contributed by atoms with Gasteiger partial charge in [0, 0.05) is 12.1 Å².